The van der Waals surface area contributed by atoms with Crippen LogP contribution in [0.1, 0.15) is 6.92 Å². The molecule has 66 valence electrons. The molecule has 0 aromatic carbocycles. The lowest BCUT2D eigenvalue weighted by molar-refractivity contribution is -0.671. The van der Waals surface area contributed by atoms with E-state index < -0.39 is 11.1 Å². The summed E-state index contributed by atoms with van der Waals surface area (Å²) < 4.78 is 17.9. The number of aryl methyl sites for hydroxylation is 1. The Hall–Kier alpha value is -0.900. The second-order valence-electron chi connectivity index (χ2n) is 2.38. The highest BCUT2D eigenvalue weighted by Crippen LogP contribution is 2.07. The van der Waals surface area contributed by atoms with Gasteiger partial charge in [-0.1, -0.05) is 6.92 Å². The Morgan fingerprint density at radius 2 is 2.08 bits per heavy atom. The van der Waals surface area contributed by atoms with Crippen LogP contribution in [0.2, 0.25) is 0 Å². The molecule has 12 heavy (non-hydrogen) atoms. The van der Waals surface area contributed by atoms with Gasteiger partial charge in [-0.25, -0.2) is 8.78 Å². The molecule has 0 N–H and O–H groups in total. The summed E-state index contributed by atoms with van der Waals surface area (Å²) in [6.07, 6.45) is 3.70. The Morgan fingerprint density at radius 3 is 2.58 bits per heavy atom. The standard InChI is InChI=1S/C8H12NO2S/c1-3-12(10)11-8-4-6-9(2)7-5-8/h4-7H,3H2,1-2H3/q+1. The third-order valence-corrected chi connectivity index (χ3v) is 2.22. The van der Waals surface area contributed by atoms with E-state index in [0.29, 0.717) is 11.5 Å². The first kappa shape index (κ1) is 9.19. The minimum Gasteiger partial charge on any atom is -0.400 e. The van der Waals surface area contributed by atoms with Crippen molar-refractivity contribution in [1.82, 2.24) is 0 Å². The van der Waals surface area contributed by atoms with Gasteiger partial charge in [-0.2, -0.15) is 0 Å². The van der Waals surface area contributed by atoms with Gasteiger partial charge in [-0.15, -0.1) is 0 Å². The van der Waals surface area contributed by atoms with E-state index in [1.807, 2.05) is 30.9 Å². The number of hydrogen-bond donors (Lipinski definition) is 0. The predicted molar refractivity (Wildman–Crippen MR) is 46.9 cm³/mol. The van der Waals surface area contributed by atoms with Crippen LogP contribution < -0.4 is 8.75 Å². The van der Waals surface area contributed by atoms with E-state index in [1.54, 1.807) is 12.1 Å². The molecule has 0 aliphatic rings. The first-order valence-corrected chi connectivity index (χ1v) is 4.98. The molecule has 1 heterocycles. The topological polar surface area (TPSA) is 30.2 Å². The van der Waals surface area contributed by atoms with Gasteiger partial charge < -0.3 is 4.18 Å². The number of aromatic nitrogens is 1. The summed E-state index contributed by atoms with van der Waals surface area (Å²) in [7, 11) is 1.92. The summed E-state index contributed by atoms with van der Waals surface area (Å²) in [5.41, 5.74) is 0. The van der Waals surface area contributed by atoms with E-state index in [2.05, 4.69) is 0 Å². The molecule has 0 aliphatic heterocycles. The van der Waals surface area contributed by atoms with Crippen molar-refractivity contribution >= 4 is 11.1 Å². The zero-order valence-corrected chi connectivity index (χ0v) is 8.00. The molecule has 1 unspecified atom stereocenters. The molecular weight excluding hydrogens is 174 g/mol. The maximum Gasteiger partial charge on any atom is 0.206 e. The third-order valence-electron chi connectivity index (χ3n) is 1.37. The molecule has 0 aliphatic carbocycles. The summed E-state index contributed by atoms with van der Waals surface area (Å²) in [5.74, 6) is 1.16. The van der Waals surface area contributed by atoms with Crippen molar-refractivity contribution in [3.05, 3.63) is 24.5 Å². The molecule has 1 aromatic rings. The van der Waals surface area contributed by atoms with Gasteiger partial charge in [-0.05, 0) is 0 Å². The van der Waals surface area contributed by atoms with E-state index in [9.17, 15) is 4.21 Å². The van der Waals surface area contributed by atoms with Crippen molar-refractivity contribution in [2.75, 3.05) is 5.75 Å². The largest absolute Gasteiger partial charge is 0.400 e. The molecule has 4 heteroatoms. The monoisotopic (exact) mass is 186 g/mol. The summed E-state index contributed by atoms with van der Waals surface area (Å²) in [6.45, 7) is 1.82. The fourth-order valence-electron chi connectivity index (χ4n) is 0.709. The fourth-order valence-corrected chi connectivity index (χ4v) is 1.15. The average molecular weight is 186 g/mol. The highest BCUT2D eigenvalue weighted by atomic mass is 32.2. The van der Waals surface area contributed by atoms with Crippen molar-refractivity contribution in [1.29, 1.82) is 0 Å². The Labute approximate surface area is 74.7 Å². The van der Waals surface area contributed by atoms with Crippen LogP contribution in [-0.4, -0.2) is 9.96 Å². The van der Waals surface area contributed by atoms with E-state index in [1.165, 1.54) is 0 Å². The van der Waals surface area contributed by atoms with Crippen molar-refractivity contribution in [2.24, 2.45) is 7.05 Å². The zero-order valence-electron chi connectivity index (χ0n) is 7.19. The Bertz CT molecular complexity index is 271. The molecule has 0 spiro atoms. The molecule has 0 amide bonds. The molecule has 1 rings (SSSR count). The summed E-state index contributed by atoms with van der Waals surface area (Å²) in [4.78, 5) is 0. The van der Waals surface area contributed by atoms with E-state index in [4.69, 9.17) is 4.18 Å². The van der Waals surface area contributed by atoms with Crippen LogP contribution in [0, 0.1) is 0 Å². The lowest BCUT2D eigenvalue weighted by Crippen LogP contribution is -2.25. The van der Waals surface area contributed by atoms with Crippen LogP contribution in [-0.2, 0) is 18.1 Å². The zero-order chi connectivity index (χ0) is 8.97. The summed E-state index contributed by atoms with van der Waals surface area (Å²) in [6, 6.07) is 3.57. The van der Waals surface area contributed by atoms with Gasteiger partial charge in [0.1, 0.15) is 7.05 Å². The van der Waals surface area contributed by atoms with E-state index in [0.717, 1.165) is 0 Å². The Morgan fingerprint density at radius 1 is 1.50 bits per heavy atom. The maximum absolute atomic E-state index is 10.9. The SMILES string of the molecule is CCS(=O)Oc1cc[n+](C)cc1. The van der Waals surface area contributed by atoms with Gasteiger partial charge >= 0.3 is 0 Å². The van der Waals surface area contributed by atoms with Gasteiger partial charge in [0, 0.05) is 12.1 Å². The van der Waals surface area contributed by atoms with Crippen LogP contribution in [0.3, 0.4) is 0 Å². The molecule has 0 fully saturated rings. The number of nitrogens with zero attached hydrogens (tertiary/aromatic N) is 1. The first-order valence-electron chi connectivity index (χ1n) is 3.74. The predicted octanol–water partition coefficient (Wildman–Crippen LogP) is 0.573. The fraction of sp³-hybridized carbons (Fsp3) is 0.375. The van der Waals surface area contributed by atoms with Gasteiger partial charge in [-0.3, -0.25) is 0 Å². The van der Waals surface area contributed by atoms with Crippen LogP contribution in [0.15, 0.2) is 24.5 Å². The van der Waals surface area contributed by atoms with Crippen LogP contribution >= 0.6 is 0 Å². The second kappa shape index (κ2) is 4.21. The average Bonchev–Trinajstić information content (AvgIpc) is 2.09. The molecule has 0 saturated carbocycles. The number of rotatable bonds is 3. The highest BCUT2D eigenvalue weighted by molar-refractivity contribution is 7.80. The summed E-state index contributed by atoms with van der Waals surface area (Å²) in [5, 5.41) is 0. The van der Waals surface area contributed by atoms with Crippen LogP contribution in [0.4, 0.5) is 0 Å². The van der Waals surface area contributed by atoms with Crippen molar-refractivity contribution in [3.63, 3.8) is 0 Å². The van der Waals surface area contributed by atoms with Crippen molar-refractivity contribution < 1.29 is 13.0 Å². The minimum absolute atomic E-state index is 0.515. The van der Waals surface area contributed by atoms with Gasteiger partial charge in [0.05, 0.1) is 5.75 Å². The summed E-state index contributed by atoms with van der Waals surface area (Å²) >= 11 is -1.19. The van der Waals surface area contributed by atoms with Gasteiger partial charge in [0.2, 0.25) is 11.1 Å². The second-order valence-corrected chi connectivity index (χ2v) is 3.73. The Kier molecular flexibility index (Phi) is 3.22. The molecule has 0 bridgehead atoms. The quantitative estimate of drug-likeness (QED) is 0.646. The first-order chi connectivity index (χ1) is 5.72. The molecule has 0 radical (unpaired) electrons. The third kappa shape index (κ3) is 2.62. The van der Waals surface area contributed by atoms with Crippen molar-refractivity contribution in [2.45, 2.75) is 6.92 Å². The highest BCUT2D eigenvalue weighted by Gasteiger charge is 2.00. The molecule has 3 nitrogen and oxygen atoms in total. The number of pyridine rings is 1. The maximum atomic E-state index is 10.9. The Balaban J connectivity index is 2.64. The van der Waals surface area contributed by atoms with Gasteiger partial charge in [0.15, 0.2) is 18.1 Å². The number of hydrogen-bond acceptors (Lipinski definition) is 2. The lowest BCUT2D eigenvalue weighted by Gasteiger charge is -1.99. The molecule has 0 saturated heterocycles. The van der Waals surface area contributed by atoms with Crippen molar-refractivity contribution in [3.8, 4) is 5.75 Å². The minimum atomic E-state index is -1.19. The van der Waals surface area contributed by atoms with Gasteiger partial charge in [0.25, 0.3) is 0 Å². The van der Waals surface area contributed by atoms with Crippen LogP contribution in [0.5, 0.6) is 5.75 Å². The molecule has 1 atom stereocenters. The van der Waals surface area contributed by atoms with E-state index >= 15 is 0 Å². The normalized spacial score (nSPS) is 12.5. The lowest BCUT2D eigenvalue weighted by atomic mass is 10.4. The van der Waals surface area contributed by atoms with Crippen LogP contribution in [0.25, 0.3) is 0 Å². The molecule has 1 aromatic heterocycles. The smallest absolute Gasteiger partial charge is 0.206 e. The molecular formula is C8H12NO2S+. The van der Waals surface area contributed by atoms with E-state index in [-0.39, 0.29) is 0 Å².